The monoisotopic (exact) mass is 354 g/mol. The number of hydrogen-bond acceptors (Lipinski definition) is 4. The van der Waals surface area contributed by atoms with Crippen LogP contribution in [0, 0.1) is 0 Å². The van der Waals surface area contributed by atoms with Gasteiger partial charge in [-0.05, 0) is 61.7 Å². The molecule has 5 heteroatoms. The lowest BCUT2D eigenvalue weighted by atomic mass is 10.1. The van der Waals surface area contributed by atoms with Crippen LogP contribution in [0.4, 0.5) is 11.4 Å². The SMILES string of the molecule is CN(C)c1cccc(C(=O)Nc2ccc(OCC3CCCCO3)cc2)c1. The number of rotatable bonds is 6. The third-order valence-corrected chi connectivity index (χ3v) is 4.45. The van der Waals surface area contributed by atoms with E-state index in [4.69, 9.17) is 9.47 Å². The maximum absolute atomic E-state index is 12.4. The van der Waals surface area contributed by atoms with E-state index in [0.29, 0.717) is 12.2 Å². The summed E-state index contributed by atoms with van der Waals surface area (Å²) in [6, 6.07) is 15.0. The van der Waals surface area contributed by atoms with Crippen LogP contribution in [0.15, 0.2) is 48.5 Å². The van der Waals surface area contributed by atoms with Gasteiger partial charge in [0.15, 0.2) is 0 Å². The fourth-order valence-electron chi connectivity index (χ4n) is 2.89. The number of hydrogen-bond donors (Lipinski definition) is 1. The molecule has 1 unspecified atom stereocenters. The van der Waals surface area contributed by atoms with E-state index in [9.17, 15) is 4.79 Å². The molecule has 0 saturated carbocycles. The molecule has 1 amide bonds. The van der Waals surface area contributed by atoms with Crippen molar-refractivity contribution in [2.75, 3.05) is 37.5 Å². The van der Waals surface area contributed by atoms with Crippen LogP contribution in [0.3, 0.4) is 0 Å². The summed E-state index contributed by atoms with van der Waals surface area (Å²) in [6.45, 7) is 1.40. The quantitative estimate of drug-likeness (QED) is 0.853. The summed E-state index contributed by atoms with van der Waals surface area (Å²) in [7, 11) is 3.90. The van der Waals surface area contributed by atoms with Crippen molar-refractivity contribution in [3.05, 3.63) is 54.1 Å². The summed E-state index contributed by atoms with van der Waals surface area (Å²) in [5, 5.41) is 2.92. The number of anilines is 2. The number of amides is 1. The number of benzene rings is 2. The van der Waals surface area contributed by atoms with Crippen molar-refractivity contribution < 1.29 is 14.3 Å². The van der Waals surface area contributed by atoms with Crippen molar-refractivity contribution in [2.24, 2.45) is 0 Å². The normalized spacial score (nSPS) is 16.8. The molecule has 2 aromatic rings. The summed E-state index contributed by atoms with van der Waals surface area (Å²) in [5.41, 5.74) is 2.36. The van der Waals surface area contributed by atoms with Gasteiger partial charge in [0.1, 0.15) is 12.4 Å². The van der Waals surface area contributed by atoms with Crippen molar-refractivity contribution in [1.29, 1.82) is 0 Å². The Hall–Kier alpha value is -2.53. The second-order valence-corrected chi connectivity index (χ2v) is 6.72. The van der Waals surface area contributed by atoms with E-state index < -0.39 is 0 Å². The molecule has 26 heavy (non-hydrogen) atoms. The van der Waals surface area contributed by atoms with E-state index in [1.165, 1.54) is 6.42 Å². The van der Waals surface area contributed by atoms with Crippen molar-refractivity contribution in [1.82, 2.24) is 0 Å². The summed E-state index contributed by atoms with van der Waals surface area (Å²) in [6.07, 6.45) is 3.59. The molecule has 0 spiro atoms. The van der Waals surface area contributed by atoms with Gasteiger partial charge in [-0.15, -0.1) is 0 Å². The minimum absolute atomic E-state index is 0.127. The largest absolute Gasteiger partial charge is 0.491 e. The highest BCUT2D eigenvalue weighted by Crippen LogP contribution is 2.20. The summed E-state index contributed by atoms with van der Waals surface area (Å²) < 4.78 is 11.5. The topological polar surface area (TPSA) is 50.8 Å². The zero-order valence-corrected chi connectivity index (χ0v) is 15.4. The fraction of sp³-hybridized carbons (Fsp3) is 0.381. The highest BCUT2D eigenvalue weighted by Gasteiger charge is 2.14. The fourth-order valence-corrected chi connectivity index (χ4v) is 2.89. The maximum atomic E-state index is 12.4. The van der Waals surface area contributed by atoms with Crippen LogP contribution in [0.5, 0.6) is 5.75 Å². The van der Waals surface area contributed by atoms with E-state index in [0.717, 1.165) is 36.6 Å². The zero-order chi connectivity index (χ0) is 18.4. The molecular weight excluding hydrogens is 328 g/mol. The summed E-state index contributed by atoms with van der Waals surface area (Å²) in [5.74, 6) is 0.657. The molecule has 1 aliphatic heterocycles. The predicted octanol–water partition coefficient (Wildman–Crippen LogP) is 3.95. The first-order valence-electron chi connectivity index (χ1n) is 9.05. The van der Waals surface area contributed by atoms with Crippen LogP contribution in [0.25, 0.3) is 0 Å². The van der Waals surface area contributed by atoms with Gasteiger partial charge in [0, 0.05) is 37.6 Å². The maximum Gasteiger partial charge on any atom is 0.255 e. The molecule has 1 aliphatic rings. The molecular formula is C21H26N2O3. The molecule has 0 bridgehead atoms. The minimum atomic E-state index is -0.127. The van der Waals surface area contributed by atoms with E-state index in [1.54, 1.807) is 0 Å². The smallest absolute Gasteiger partial charge is 0.255 e. The Balaban J connectivity index is 1.55. The van der Waals surface area contributed by atoms with Crippen LogP contribution >= 0.6 is 0 Å². The molecule has 1 saturated heterocycles. The molecule has 0 radical (unpaired) electrons. The zero-order valence-electron chi connectivity index (χ0n) is 15.4. The van der Waals surface area contributed by atoms with Crippen molar-refractivity contribution in [3.63, 3.8) is 0 Å². The molecule has 0 aromatic heterocycles. The van der Waals surface area contributed by atoms with Gasteiger partial charge in [-0.2, -0.15) is 0 Å². The third-order valence-electron chi connectivity index (χ3n) is 4.45. The van der Waals surface area contributed by atoms with Crippen molar-refractivity contribution in [3.8, 4) is 5.75 Å². The Labute approximate surface area is 154 Å². The minimum Gasteiger partial charge on any atom is -0.491 e. The second-order valence-electron chi connectivity index (χ2n) is 6.72. The summed E-state index contributed by atoms with van der Waals surface area (Å²) >= 11 is 0. The van der Waals surface area contributed by atoms with Gasteiger partial charge >= 0.3 is 0 Å². The Morgan fingerprint density at radius 3 is 2.69 bits per heavy atom. The van der Waals surface area contributed by atoms with Crippen LogP contribution < -0.4 is 15.0 Å². The van der Waals surface area contributed by atoms with E-state index in [-0.39, 0.29) is 12.0 Å². The number of nitrogens with one attached hydrogen (secondary N) is 1. The molecule has 1 fully saturated rings. The molecule has 3 rings (SSSR count). The van der Waals surface area contributed by atoms with Gasteiger partial charge in [0.2, 0.25) is 0 Å². The highest BCUT2D eigenvalue weighted by molar-refractivity contribution is 6.04. The molecule has 1 heterocycles. The first-order chi connectivity index (χ1) is 12.6. The Bertz CT molecular complexity index is 722. The Kier molecular flexibility index (Phi) is 6.12. The lowest BCUT2D eigenvalue weighted by Gasteiger charge is -2.22. The Morgan fingerprint density at radius 2 is 2.00 bits per heavy atom. The number of carbonyl (C=O) groups excluding carboxylic acids is 1. The molecule has 5 nitrogen and oxygen atoms in total. The lowest BCUT2D eigenvalue weighted by molar-refractivity contribution is -0.0110. The first kappa shape index (κ1) is 18.3. The van der Waals surface area contributed by atoms with Crippen molar-refractivity contribution in [2.45, 2.75) is 25.4 Å². The highest BCUT2D eigenvalue weighted by atomic mass is 16.5. The van der Waals surface area contributed by atoms with Crippen LogP contribution in [0.1, 0.15) is 29.6 Å². The molecule has 1 atom stereocenters. The Morgan fingerprint density at radius 1 is 1.19 bits per heavy atom. The van der Waals surface area contributed by atoms with Crippen LogP contribution in [0.2, 0.25) is 0 Å². The molecule has 1 N–H and O–H groups in total. The van der Waals surface area contributed by atoms with Gasteiger partial charge in [0.05, 0.1) is 6.10 Å². The third kappa shape index (κ3) is 4.99. The average molecular weight is 354 g/mol. The lowest BCUT2D eigenvalue weighted by Crippen LogP contribution is -2.25. The van der Waals surface area contributed by atoms with E-state index in [2.05, 4.69) is 5.32 Å². The van der Waals surface area contributed by atoms with E-state index >= 15 is 0 Å². The van der Waals surface area contributed by atoms with Crippen molar-refractivity contribution >= 4 is 17.3 Å². The number of nitrogens with zero attached hydrogens (tertiary/aromatic N) is 1. The predicted molar refractivity (Wildman–Crippen MR) is 104 cm³/mol. The first-order valence-corrected chi connectivity index (χ1v) is 9.05. The molecule has 2 aromatic carbocycles. The molecule has 138 valence electrons. The molecule has 0 aliphatic carbocycles. The summed E-state index contributed by atoms with van der Waals surface area (Å²) in [4.78, 5) is 14.4. The number of ether oxygens (including phenoxy) is 2. The van der Waals surface area contributed by atoms with Gasteiger partial charge in [0.25, 0.3) is 5.91 Å². The van der Waals surface area contributed by atoms with Gasteiger partial charge in [-0.25, -0.2) is 0 Å². The second kappa shape index (κ2) is 8.72. The van der Waals surface area contributed by atoms with Gasteiger partial charge < -0.3 is 19.7 Å². The van der Waals surface area contributed by atoms with Crippen LogP contribution in [-0.2, 0) is 4.74 Å². The number of carbonyl (C=O) groups is 1. The van der Waals surface area contributed by atoms with Gasteiger partial charge in [-0.1, -0.05) is 6.07 Å². The average Bonchev–Trinajstić information content (AvgIpc) is 2.68. The van der Waals surface area contributed by atoms with Gasteiger partial charge in [-0.3, -0.25) is 4.79 Å². The van der Waals surface area contributed by atoms with Crippen LogP contribution in [-0.4, -0.2) is 39.3 Å². The standard InChI is InChI=1S/C21H26N2O3/c1-23(2)18-7-5-6-16(14-18)21(24)22-17-9-11-19(12-10-17)26-15-20-8-3-4-13-25-20/h5-7,9-12,14,20H,3-4,8,13,15H2,1-2H3,(H,22,24). The van der Waals surface area contributed by atoms with E-state index in [1.807, 2.05) is 67.5 Å².